The minimum absolute atomic E-state index is 0.0430. The van der Waals surface area contributed by atoms with Crippen molar-refractivity contribution < 1.29 is 19.1 Å². The van der Waals surface area contributed by atoms with E-state index in [0.29, 0.717) is 18.0 Å². The lowest BCUT2D eigenvalue weighted by atomic mass is 9.73. The Morgan fingerprint density at radius 2 is 1.29 bits per heavy atom. The SMILES string of the molecule is CI.CSC1=NC2(CC3(CCCc4ccccc4C3)Oc3ccc(Br)cc32)C(=O)N1C.O=C1NC(=S)NC12CC1(CCCc3ccccc3C1)Oc1ccc(Br)cc12. The number of halogens is 3. The number of ether oxygens (including phenoxy) is 2. The number of nitrogens with zero attached hydrogens (tertiary/aromatic N) is 2. The van der Waals surface area contributed by atoms with E-state index in [4.69, 9.17) is 26.7 Å². The van der Waals surface area contributed by atoms with Crippen LogP contribution in [0.25, 0.3) is 0 Å². The number of carbonyl (C=O) groups is 2. The molecule has 4 aromatic rings. The normalized spacial score (nSPS) is 27.5. The first-order valence-corrected chi connectivity index (χ1v) is 24.9. The van der Waals surface area contributed by atoms with Crippen LogP contribution in [0.5, 0.6) is 11.5 Å². The molecule has 2 N–H and O–H groups in total. The smallest absolute Gasteiger partial charge is 0.261 e. The number of benzene rings is 4. The van der Waals surface area contributed by atoms with Crippen LogP contribution in [0.15, 0.2) is 98.9 Å². The summed E-state index contributed by atoms with van der Waals surface area (Å²) >= 11 is 16.1. The zero-order chi connectivity index (χ0) is 40.9. The van der Waals surface area contributed by atoms with Gasteiger partial charge in [0.1, 0.15) is 22.7 Å². The number of nitrogens with one attached hydrogen (secondary N) is 2. The fourth-order valence-corrected chi connectivity index (χ4v) is 11.5. The van der Waals surface area contributed by atoms with Gasteiger partial charge in [0.2, 0.25) is 0 Å². The van der Waals surface area contributed by atoms with Crippen LogP contribution < -0.4 is 20.1 Å². The monoisotopic (exact) mass is 1050 g/mol. The fraction of sp³-hybridized carbons (Fsp3) is 0.378. The first-order chi connectivity index (χ1) is 28.0. The molecule has 4 heterocycles. The molecule has 1 fully saturated rings. The Balaban J connectivity index is 0.000000156. The highest BCUT2D eigenvalue weighted by atomic mass is 127. The lowest BCUT2D eigenvalue weighted by molar-refractivity contribution is -0.134. The van der Waals surface area contributed by atoms with Crippen molar-refractivity contribution >= 4 is 101 Å². The van der Waals surface area contributed by atoms with E-state index in [1.165, 1.54) is 34.0 Å². The summed E-state index contributed by atoms with van der Waals surface area (Å²) in [5.74, 6) is 1.50. The number of hydrogen-bond donors (Lipinski definition) is 2. The number of alkyl halides is 1. The minimum Gasteiger partial charge on any atom is -0.486 e. The number of rotatable bonds is 0. The van der Waals surface area contributed by atoms with Crippen LogP contribution in [0.1, 0.15) is 71.9 Å². The van der Waals surface area contributed by atoms with Gasteiger partial charge in [0.15, 0.2) is 21.4 Å². The summed E-state index contributed by atoms with van der Waals surface area (Å²) in [7, 11) is 1.83. The van der Waals surface area contributed by atoms with Gasteiger partial charge in [-0.25, -0.2) is 4.99 Å². The summed E-state index contributed by atoms with van der Waals surface area (Å²) in [5, 5.41) is 7.25. The van der Waals surface area contributed by atoms with E-state index in [0.717, 1.165) is 88.1 Å². The summed E-state index contributed by atoms with van der Waals surface area (Å²) in [5.41, 5.74) is 4.48. The van der Waals surface area contributed by atoms with Crippen LogP contribution in [0.3, 0.4) is 0 Å². The average molecular weight is 1060 g/mol. The Kier molecular flexibility index (Phi) is 11.9. The van der Waals surface area contributed by atoms with Crippen molar-refractivity contribution in [2.45, 2.75) is 86.5 Å². The van der Waals surface area contributed by atoms with Gasteiger partial charge in [-0.15, -0.1) is 0 Å². The molecular formula is C45H45Br2IN4O4S2. The largest absolute Gasteiger partial charge is 0.486 e. The van der Waals surface area contributed by atoms with Crippen molar-refractivity contribution in [3.63, 3.8) is 0 Å². The second-order valence-electron chi connectivity index (χ2n) is 15.9. The molecule has 8 nitrogen and oxygen atoms in total. The number of carbonyl (C=O) groups excluding carboxylic acids is 2. The van der Waals surface area contributed by atoms with E-state index in [1.807, 2.05) is 54.6 Å². The van der Waals surface area contributed by atoms with Crippen molar-refractivity contribution in [1.82, 2.24) is 15.5 Å². The number of aliphatic imine (C=N–C) groups is 1. The van der Waals surface area contributed by atoms with Crippen LogP contribution in [-0.4, -0.2) is 56.4 Å². The highest BCUT2D eigenvalue weighted by Crippen LogP contribution is 2.54. The van der Waals surface area contributed by atoms with Crippen molar-refractivity contribution in [1.29, 1.82) is 0 Å². The standard InChI is InChI=1S/C23H23BrN2O2S.C21H19BrN2O2S.CH3I/c1-26-20(27)23(25-21(26)29-2)14-22(28-19-10-9-17(24)12-18(19)23)11-5-8-15-6-3-4-7-16(15)13-22;22-15-7-8-17-16(10-15)21(18(25)23-19(27)24-21)12-20(26-17)9-3-6-13-4-1-2-5-14(13)11-20;1-2/h3-4,6-7,9-10,12H,5,8,11,13-14H2,1-2H3;1-2,4-5,7-8,10H,3,6,9,11-12H2,(H2,23,24,25,27);1H3. The van der Waals surface area contributed by atoms with Gasteiger partial charge >= 0.3 is 0 Å². The van der Waals surface area contributed by atoms with Crippen LogP contribution in [0.4, 0.5) is 0 Å². The van der Waals surface area contributed by atoms with Crippen molar-refractivity contribution in [2.75, 3.05) is 18.2 Å². The van der Waals surface area contributed by atoms with Crippen molar-refractivity contribution in [2.24, 2.45) is 4.99 Å². The van der Waals surface area contributed by atoms with Gasteiger partial charge in [-0.05, 0) is 121 Å². The number of fused-ring (bicyclic) bond motifs is 6. The maximum atomic E-state index is 13.6. The minimum atomic E-state index is -0.913. The third-order valence-electron chi connectivity index (χ3n) is 12.4. The van der Waals surface area contributed by atoms with E-state index in [1.54, 1.807) is 4.90 Å². The highest BCUT2D eigenvalue weighted by molar-refractivity contribution is 14.1. The number of amidine groups is 1. The third-order valence-corrected chi connectivity index (χ3v) is 14.3. The molecule has 4 atom stereocenters. The highest BCUT2D eigenvalue weighted by Gasteiger charge is 2.59. The van der Waals surface area contributed by atoms with Crippen molar-refractivity contribution in [3.8, 4) is 11.5 Å². The molecule has 0 bridgehead atoms. The number of likely N-dealkylation sites (N-methyl/N-ethyl adjacent to an activating group) is 1. The lowest BCUT2D eigenvalue weighted by Gasteiger charge is -2.46. The topological polar surface area (TPSA) is 92.3 Å². The molecule has 4 spiro atoms. The number of hydrogen-bond acceptors (Lipinski definition) is 7. The van der Waals surface area contributed by atoms with Gasteiger partial charge < -0.3 is 20.1 Å². The molecule has 4 aromatic carbocycles. The molecule has 302 valence electrons. The molecular weight excluding hydrogens is 1010 g/mol. The maximum Gasteiger partial charge on any atom is 0.261 e. The molecule has 13 heteroatoms. The summed E-state index contributed by atoms with van der Waals surface area (Å²) < 4.78 is 15.2. The van der Waals surface area contributed by atoms with Gasteiger partial charge in [0, 0.05) is 52.8 Å². The Labute approximate surface area is 380 Å². The molecule has 58 heavy (non-hydrogen) atoms. The molecule has 2 aliphatic carbocycles. The molecule has 1 saturated heterocycles. The molecule has 6 aliphatic rings. The predicted molar refractivity (Wildman–Crippen MR) is 251 cm³/mol. The van der Waals surface area contributed by atoms with Gasteiger partial charge in [0.25, 0.3) is 11.8 Å². The van der Waals surface area contributed by atoms with E-state index >= 15 is 0 Å². The number of aryl methyl sites for hydroxylation is 2. The summed E-state index contributed by atoms with van der Waals surface area (Å²) in [4.78, 5) is 35.4. The summed E-state index contributed by atoms with van der Waals surface area (Å²) in [6.45, 7) is 0. The average Bonchev–Trinajstić information content (AvgIpc) is 3.44. The second-order valence-corrected chi connectivity index (χ2v) is 19.0. The first-order valence-electron chi connectivity index (χ1n) is 19.5. The van der Waals surface area contributed by atoms with Gasteiger partial charge in [0.05, 0.1) is 0 Å². The molecule has 4 unspecified atom stereocenters. The molecule has 0 radical (unpaired) electrons. The second kappa shape index (κ2) is 16.5. The molecule has 10 rings (SSSR count). The first kappa shape index (κ1) is 41.7. The lowest BCUT2D eigenvalue weighted by Crippen LogP contribution is -2.56. The van der Waals surface area contributed by atoms with Gasteiger partial charge in [-0.2, -0.15) is 0 Å². The van der Waals surface area contributed by atoms with E-state index in [-0.39, 0.29) is 11.8 Å². The molecule has 4 aliphatic heterocycles. The number of thiocarbonyl (C=S) groups is 1. The number of thioether (sulfide) groups is 1. The molecule has 0 aromatic heterocycles. The Bertz CT molecular complexity index is 2350. The zero-order valence-electron chi connectivity index (χ0n) is 32.6. The van der Waals surface area contributed by atoms with Crippen LogP contribution >= 0.6 is 78.4 Å². The molecule has 0 saturated carbocycles. The van der Waals surface area contributed by atoms with Crippen LogP contribution in [0.2, 0.25) is 0 Å². The van der Waals surface area contributed by atoms with E-state index in [2.05, 4.69) is 114 Å². The van der Waals surface area contributed by atoms with E-state index in [9.17, 15) is 9.59 Å². The van der Waals surface area contributed by atoms with Gasteiger partial charge in [-0.3, -0.25) is 14.5 Å². The Morgan fingerprint density at radius 3 is 1.81 bits per heavy atom. The maximum absolute atomic E-state index is 13.6. The van der Waals surface area contributed by atoms with Crippen LogP contribution in [-0.2, 0) is 46.4 Å². The Hall–Kier alpha value is -2.98. The number of amides is 2. The quantitative estimate of drug-likeness (QED) is 0.103. The zero-order valence-corrected chi connectivity index (χ0v) is 39.6. The van der Waals surface area contributed by atoms with Crippen molar-refractivity contribution in [3.05, 3.63) is 127 Å². The van der Waals surface area contributed by atoms with Gasteiger partial charge in [-0.1, -0.05) is 115 Å². The predicted octanol–water partition coefficient (Wildman–Crippen LogP) is 9.74. The fourth-order valence-electron chi connectivity index (χ4n) is 9.94. The molecule has 2 amide bonds. The van der Waals surface area contributed by atoms with E-state index < -0.39 is 22.3 Å². The summed E-state index contributed by atoms with van der Waals surface area (Å²) in [6, 6.07) is 29.0. The summed E-state index contributed by atoms with van der Waals surface area (Å²) in [6.07, 6.45) is 10.7. The Morgan fingerprint density at radius 1 is 0.776 bits per heavy atom. The van der Waals surface area contributed by atoms with Crippen LogP contribution in [0, 0.1) is 0 Å². The third kappa shape index (κ3) is 7.42.